The van der Waals surface area contributed by atoms with Crippen molar-refractivity contribution in [3.63, 3.8) is 0 Å². The first-order chi connectivity index (χ1) is 54.9. The molecule has 0 atom stereocenters. The van der Waals surface area contributed by atoms with E-state index in [1.54, 1.807) is 55.0 Å². The highest BCUT2D eigenvalue weighted by Gasteiger charge is 2.38. The number of carboxylic acid groups (broad SMARTS) is 1. The van der Waals surface area contributed by atoms with Crippen molar-refractivity contribution in [3.8, 4) is 0 Å². The van der Waals surface area contributed by atoms with Crippen molar-refractivity contribution in [1.82, 2.24) is 24.9 Å². The second-order valence-corrected chi connectivity index (χ2v) is 35.5. The summed E-state index contributed by atoms with van der Waals surface area (Å²) >= 11 is 30.9. The summed E-state index contributed by atoms with van der Waals surface area (Å²) in [6, 6.07) is 38.9. The van der Waals surface area contributed by atoms with Crippen LogP contribution in [-0.2, 0) is 65.0 Å². The van der Waals surface area contributed by atoms with Crippen LogP contribution in [0, 0.1) is 11.6 Å². The van der Waals surface area contributed by atoms with Crippen LogP contribution in [0.25, 0.3) is 51.1 Å². The molecule has 0 saturated heterocycles. The number of hydrogen-bond donors (Lipinski definition) is 4. The Labute approximate surface area is 712 Å². The van der Waals surface area contributed by atoms with Crippen LogP contribution in [0.3, 0.4) is 0 Å². The molecule has 15 rings (SSSR count). The summed E-state index contributed by atoms with van der Waals surface area (Å²) in [4.78, 5) is 58.1. The molecule has 10 heterocycles. The van der Waals surface area contributed by atoms with Gasteiger partial charge in [0.1, 0.15) is 55.8 Å². The average Bonchev–Trinajstić information content (AvgIpc) is 1.56. The molecule has 5 aromatic carbocycles. The summed E-state index contributed by atoms with van der Waals surface area (Å²) in [7, 11) is -10.6. The van der Waals surface area contributed by atoms with Crippen LogP contribution in [0.1, 0.15) is 60.8 Å². The van der Waals surface area contributed by atoms with Crippen molar-refractivity contribution in [2.24, 2.45) is 0 Å². The number of carbonyl (C=O) groups excluding carboxylic acids is 2. The zero-order chi connectivity index (χ0) is 83.9. The lowest BCUT2D eigenvalue weighted by molar-refractivity contribution is -0.140. The first kappa shape index (κ1) is 91.7. The Morgan fingerprint density at radius 3 is 1.24 bits per heavy atom. The minimum Gasteiger partial charge on any atom is -0.478 e. The third-order valence-corrected chi connectivity index (χ3v) is 28.3. The Kier molecular flexibility index (Phi) is 29.7. The number of carboxylic acids is 1. The molecule has 0 saturated carbocycles. The predicted octanol–water partition coefficient (Wildman–Crippen LogP) is 21.5. The van der Waals surface area contributed by atoms with Crippen molar-refractivity contribution < 1.29 is 89.3 Å². The van der Waals surface area contributed by atoms with Crippen molar-refractivity contribution >= 4 is 240 Å². The third kappa shape index (κ3) is 20.9. The predicted molar refractivity (Wildman–Crippen MR) is 450 cm³/mol. The largest absolute Gasteiger partial charge is 0.478 e. The Morgan fingerprint density at radius 1 is 0.466 bits per heavy atom. The Balaban J connectivity index is 0.000000179. The van der Waals surface area contributed by atoms with E-state index in [9.17, 15) is 79.9 Å². The van der Waals surface area contributed by atoms with E-state index in [-0.39, 0.29) is 87.5 Å². The highest BCUT2D eigenvalue weighted by Crippen LogP contribution is 2.47. The number of aromatic nitrogens is 5. The molecule has 0 aliphatic rings. The zero-order valence-electron chi connectivity index (χ0n) is 59.0. The van der Waals surface area contributed by atoms with Gasteiger partial charge in [-0.05, 0) is 151 Å². The fraction of sp³-hybridized carbons (Fsp3) is 0.0933. The van der Waals surface area contributed by atoms with Crippen LogP contribution in [0.15, 0.2) is 222 Å². The topological polar surface area (TPSA) is 327 Å². The van der Waals surface area contributed by atoms with E-state index in [1.807, 2.05) is 30.3 Å². The number of esters is 2. The number of carbonyl (C=O) groups is 3. The standard InChI is InChI=1S/C23H15ClF4N2O4S2.C22H13ClF4N2O4S2.C15H11ClN2O4S2.C7H5ClN2S.C7H6N2S.CH4.ClH/c1-34-22(31)14-4-2-5-15(11-14)36(32,33)30(21-19(24)16-6-3-9-29-20(16)35-21)12-13-7-8-18(25)17(10-13)23(26,27)28;23-18-15-5-2-8-28-19(15)34-20(18)29(11-12-6-7-17(24)16(9-12)22(25,26)27)35(32,33)14-4-1-3-13(10-14)21(30)31;1-22-15(19)9-4-2-5-10(8-9)24(20,21)18-14-12(16)11-6-3-7-17-13(11)23-14;8-5-4-2-1-3-10-7(4)11-6(5)9;8-6-4-5-2-1-3-9-7(5)10-6;;/h2-11H,12H2,1H3;1-10H,11H2,(H,30,31);2-8,18H,1H3;1-3H,9H2;1-4H,8H2;1H4;1H. The molecule has 0 aliphatic carbocycles. The second kappa shape index (κ2) is 38.2. The van der Waals surface area contributed by atoms with Crippen molar-refractivity contribution in [2.75, 3.05) is 39.0 Å². The van der Waals surface area contributed by atoms with E-state index in [0.29, 0.717) is 64.9 Å². The summed E-state index contributed by atoms with van der Waals surface area (Å²) in [6.45, 7) is -1.25. The zero-order valence-corrected chi connectivity index (χ0v) is 69.3. The monoisotopic (exact) mass is 1870 g/mol. The molecule has 0 aliphatic heterocycles. The quantitative estimate of drug-likeness (QED) is 0.0516. The first-order valence-electron chi connectivity index (χ1n) is 32.4. The van der Waals surface area contributed by atoms with Gasteiger partial charge in [-0.3, -0.25) is 13.3 Å². The summed E-state index contributed by atoms with van der Waals surface area (Å²) in [5.74, 6) is -5.76. The lowest BCUT2D eigenvalue weighted by Crippen LogP contribution is -2.30. The number of alkyl halides is 6. The molecule has 616 valence electrons. The number of benzene rings is 5. The summed E-state index contributed by atoms with van der Waals surface area (Å²) in [5.41, 5.74) is 7.56. The number of fused-ring (bicyclic) bond motifs is 5. The number of nitrogens with two attached hydrogens (primary N) is 2. The number of ether oxygens (including phenoxy) is 2. The fourth-order valence-electron chi connectivity index (χ4n) is 10.6. The van der Waals surface area contributed by atoms with Gasteiger partial charge in [-0.1, -0.05) is 147 Å². The van der Waals surface area contributed by atoms with Crippen LogP contribution in [0.2, 0.25) is 20.1 Å². The number of methoxy groups -OCH3 is 2. The molecule has 0 unspecified atom stereocenters. The van der Waals surface area contributed by atoms with Gasteiger partial charge in [0.25, 0.3) is 30.1 Å². The normalized spacial score (nSPS) is 11.5. The third-order valence-electron chi connectivity index (χ3n) is 16.0. The van der Waals surface area contributed by atoms with Crippen molar-refractivity contribution in [2.45, 2.75) is 47.6 Å². The maximum atomic E-state index is 13.9. The highest BCUT2D eigenvalue weighted by atomic mass is 35.5. The molecule has 22 nitrogen and oxygen atoms in total. The van der Waals surface area contributed by atoms with Crippen LogP contribution in [0.4, 0.5) is 60.1 Å². The Bertz CT molecular complexity index is 6590. The van der Waals surface area contributed by atoms with Gasteiger partial charge in [0.05, 0.1) is 94.9 Å². The van der Waals surface area contributed by atoms with Crippen LogP contribution in [0.5, 0.6) is 0 Å². The molecule has 0 amide bonds. The number of nitrogens with zero attached hydrogens (tertiary/aromatic N) is 7. The maximum Gasteiger partial charge on any atom is 0.419 e. The number of sulfonamides is 3. The van der Waals surface area contributed by atoms with Crippen LogP contribution in [-0.4, -0.2) is 87.4 Å². The smallest absolute Gasteiger partial charge is 0.419 e. The first-order valence-corrected chi connectivity index (χ1v) is 42.3. The van der Waals surface area contributed by atoms with Gasteiger partial charge in [-0.2, -0.15) is 26.3 Å². The Morgan fingerprint density at radius 2 is 0.839 bits per heavy atom. The van der Waals surface area contributed by atoms with E-state index in [1.165, 1.54) is 96.8 Å². The second-order valence-electron chi connectivity index (χ2n) is 23.6. The molecule has 43 heteroatoms. The van der Waals surface area contributed by atoms with Crippen LogP contribution < -0.4 is 24.8 Å². The number of rotatable bonds is 16. The lowest BCUT2D eigenvalue weighted by Gasteiger charge is -2.24. The minimum absolute atomic E-state index is 0. The van der Waals surface area contributed by atoms with Gasteiger partial charge in [-0.25, -0.2) is 73.3 Å². The Hall–Kier alpha value is -10.2. The highest BCUT2D eigenvalue weighted by molar-refractivity contribution is 7.93. The number of aromatic carboxylic acids is 1. The molecular weight excluding hydrogens is 1820 g/mol. The number of pyridine rings is 5. The molecule has 0 bridgehead atoms. The van der Waals surface area contributed by atoms with Crippen molar-refractivity contribution in [3.05, 3.63) is 278 Å². The van der Waals surface area contributed by atoms with E-state index in [2.05, 4.69) is 39.1 Å². The lowest BCUT2D eigenvalue weighted by atomic mass is 10.1. The van der Waals surface area contributed by atoms with E-state index in [0.717, 1.165) is 105 Å². The number of hydrogen-bond acceptors (Lipinski definition) is 23. The number of thiophene rings is 5. The molecule has 118 heavy (non-hydrogen) atoms. The minimum atomic E-state index is -5.00. The van der Waals surface area contributed by atoms with Gasteiger partial charge < -0.3 is 26.0 Å². The average molecular weight is 1870 g/mol. The summed E-state index contributed by atoms with van der Waals surface area (Å²) in [6.07, 6.45) is -1.94. The number of halogens is 13. The van der Waals surface area contributed by atoms with Gasteiger partial charge in [0, 0.05) is 57.9 Å². The molecular formula is C75H55Cl5F8N10O12S8. The molecule has 10 aromatic heterocycles. The molecule has 6 N–H and O–H groups in total. The van der Waals surface area contributed by atoms with Gasteiger partial charge >= 0.3 is 30.3 Å². The van der Waals surface area contributed by atoms with Crippen molar-refractivity contribution in [1.29, 1.82) is 0 Å². The maximum absolute atomic E-state index is 13.9. The number of anilines is 5. The molecule has 0 radical (unpaired) electrons. The summed E-state index contributed by atoms with van der Waals surface area (Å²) in [5, 5.41) is 15.5. The van der Waals surface area contributed by atoms with Crippen LogP contribution >= 0.6 is 115 Å². The van der Waals surface area contributed by atoms with Gasteiger partial charge in [-0.15, -0.1) is 12.4 Å². The number of nitrogen functional groups attached to an aromatic ring is 2. The van der Waals surface area contributed by atoms with E-state index in [4.69, 9.17) is 57.9 Å². The van der Waals surface area contributed by atoms with E-state index >= 15 is 0 Å². The number of nitrogens with one attached hydrogen (secondary N) is 1. The molecule has 15 aromatic rings. The SMILES string of the molecule is C.COC(=O)c1cccc(S(=O)(=O)N(Cc2ccc(F)c(C(F)(F)F)c2)c2sc3ncccc3c2Cl)c1.COC(=O)c1cccc(S(=O)(=O)Nc2sc3ncccc3c2Cl)c1.Cl.Nc1cc2cccnc2s1.Nc1sc2ncccc2c1Cl.O=C(O)c1cccc(S(=O)(=O)N(Cc2ccc(F)c(C(F)(F)F)c2)c2sc3ncccc3c2Cl)c1. The fourth-order valence-corrected chi connectivity index (χ4v) is 21.6. The van der Waals surface area contributed by atoms with E-state index < -0.39 is 101 Å². The van der Waals surface area contributed by atoms with Gasteiger partial charge in [0.2, 0.25) is 0 Å². The molecule has 0 spiro atoms. The summed E-state index contributed by atoms with van der Waals surface area (Å²) < 4.78 is 201. The molecule has 0 fully saturated rings. The van der Waals surface area contributed by atoms with Gasteiger partial charge in [0.15, 0.2) is 0 Å².